The molecule has 0 amide bonds. The van der Waals surface area contributed by atoms with Crippen molar-refractivity contribution in [2.75, 3.05) is 10.6 Å². The van der Waals surface area contributed by atoms with Gasteiger partial charge in [-0.2, -0.15) is 5.10 Å². The van der Waals surface area contributed by atoms with Gasteiger partial charge in [0.25, 0.3) is 5.69 Å². The Hall–Kier alpha value is -2.20. The number of aromatic nitrogens is 2. The molecule has 0 aliphatic heterocycles. The van der Waals surface area contributed by atoms with Crippen LogP contribution < -0.4 is 10.6 Å². The second-order valence-electron chi connectivity index (χ2n) is 5.65. The van der Waals surface area contributed by atoms with E-state index in [2.05, 4.69) is 31.7 Å². The van der Waals surface area contributed by atoms with E-state index in [0.29, 0.717) is 33.2 Å². The van der Waals surface area contributed by atoms with Gasteiger partial charge in [-0.25, -0.2) is 0 Å². The molecule has 0 aliphatic carbocycles. The smallest absolute Gasteiger partial charge is 0.269 e. The number of nitrogens with zero attached hydrogens (tertiary/aromatic N) is 3. The van der Waals surface area contributed by atoms with Gasteiger partial charge in [0.05, 0.1) is 26.0 Å². The first-order valence-electron chi connectivity index (χ1n) is 7.81. The second kappa shape index (κ2) is 8.87. The van der Waals surface area contributed by atoms with Crippen molar-refractivity contribution in [1.29, 1.82) is 0 Å². The number of hydrogen-bond acceptors (Lipinski definition) is 4. The summed E-state index contributed by atoms with van der Waals surface area (Å²) in [6.07, 6.45) is 1.80. The van der Waals surface area contributed by atoms with Crippen LogP contribution in [0, 0.1) is 10.1 Å². The Morgan fingerprint density at radius 1 is 1.18 bits per heavy atom. The number of benzene rings is 2. The van der Waals surface area contributed by atoms with E-state index in [4.69, 9.17) is 35.4 Å². The van der Waals surface area contributed by atoms with Gasteiger partial charge in [0.2, 0.25) is 0 Å². The van der Waals surface area contributed by atoms with Gasteiger partial charge < -0.3 is 10.6 Å². The Balaban J connectivity index is 1.64. The Kier molecular flexibility index (Phi) is 6.50. The average Bonchev–Trinajstić information content (AvgIpc) is 2.97. The summed E-state index contributed by atoms with van der Waals surface area (Å²) in [4.78, 5) is 10.2. The molecule has 28 heavy (non-hydrogen) atoms. The van der Waals surface area contributed by atoms with Crippen LogP contribution in [0.15, 0.2) is 53.1 Å². The largest absolute Gasteiger partial charge is 0.332 e. The van der Waals surface area contributed by atoms with E-state index < -0.39 is 4.92 Å². The molecular weight excluding hydrogens is 489 g/mol. The van der Waals surface area contributed by atoms with E-state index in [-0.39, 0.29) is 5.69 Å². The molecule has 144 valence electrons. The number of hydrogen-bond donors (Lipinski definition) is 2. The molecule has 0 fully saturated rings. The number of non-ortho nitro benzene ring substituents is 1. The zero-order chi connectivity index (χ0) is 20.3. The third-order valence-electron chi connectivity index (χ3n) is 3.61. The van der Waals surface area contributed by atoms with E-state index in [1.807, 2.05) is 6.07 Å². The Morgan fingerprint density at radius 3 is 2.54 bits per heavy atom. The van der Waals surface area contributed by atoms with Gasteiger partial charge in [0.15, 0.2) is 10.9 Å². The fourth-order valence-corrected chi connectivity index (χ4v) is 3.27. The Morgan fingerprint density at radius 2 is 1.89 bits per heavy atom. The quantitative estimate of drug-likeness (QED) is 0.265. The van der Waals surface area contributed by atoms with Crippen LogP contribution in [-0.2, 0) is 6.54 Å². The maximum absolute atomic E-state index is 10.7. The summed E-state index contributed by atoms with van der Waals surface area (Å²) in [5, 5.41) is 22.4. The number of thiocarbonyl (C=S) groups is 1. The lowest BCUT2D eigenvalue weighted by atomic mass is 10.2. The molecule has 0 saturated carbocycles. The monoisotopic (exact) mass is 499 g/mol. The number of nitrogens with one attached hydrogen (secondary N) is 2. The molecule has 0 aliphatic rings. The lowest BCUT2D eigenvalue weighted by Gasteiger charge is -2.09. The standard InChI is InChI=1S/C17H12BrCl2N5O2S/c18-13-9-24(8-10-1-6-14(19)15(20)7-10)23-16(13)22-17(28)21-11-2-4-12(5-3-11)25(26)27/h1-7,9H,8H2,(H2,21,22,23,28). The normalized spacial score (nSPS) is 10.5. The van der Waals surface area contributed by atoms with Crippen LogP contribution in [0.4, 0.5) is 17.2 Å². The predicted molar refractivity (Wildman–Crippen MR) is 118 cm³/mol. The zero-order valence-corrected chi connectivity index (χ0v) is 17.9. The molecule has 3 aromatic rings. The molecule has 0 spiro atoms. The molecule has 0 saturated heterocycles. The molecule has 11 heteroatoms. The zero-order valence-electron chi connectivity index (χ0n) is 14.0. The van der Waals surface area contributed by atoms with E-state index >= 15 is 0 Å². The fourth-order valence-electron chi connectivity index (χ4n) is 2.32. The van der Waals surface area contributed by atoms with Gasteiger partial charge >= 0.3 is 0 Å². The van der Waals surface area contributed by atoms with Crippen LogP contribution in [-0.4, -0.2) is 19.8 Å². The van der Waals surface area contributed by atoms with Crippen LogP contribution in [0.3, 0.4) is 0 Å². The van der Waals surface area contributed by atoms with Crippen molar-refractivity contribution in [3.63, 3.8) is 0 Å². The molecule has 1 heterocycles. The van der Waals surface area contributed by atoms with Gasteiger partial charge in [-0.1, -0.05) is 29.3 Å². The van der Waals surface area contributed by atoms with E-state index in [1.165, 1.54) is 12.1 Å². The summed E-state index contributed by atoms with van der Waals surface area (Å²) >= 11 is 20.7. The summed E-state index contributed by atoms with van der Waals surface area (Å²) in [5.74, 6) is 0.527. The molecule has 0 unspecified atom stereocenters. The highest BCUT2D eigenvalue weighted by molar-refractivity contribution is 9.10. The SMILES string of the molecule is O=[N+]([O-])c1ccc(NC(=S)Nc2nn(Cc3ccc(Cl)c(Cl)c3)cc2Br)cc1. The first-order valence-corrected chi connectivity index (χ1v) is 9.77. The lowest BCUT2D eigenvalue weighted by molar-refractivity contribution is -0.384. The highest BCUT2D eigenvalue weighted by Gasteiger charge is 2.10. The topological polar surface area (TPSA) is 85.0 Å². The van der Waals surface area contributed by atoms with Crippen LogP contribution in [0.25, 0.3) is 0 Å². The minimum Gasteiger partial charge on any atom is -0.332 e. The van der Waals surface area contributed by atoms with Gasteiger partial charge in [0.1, 0.15) is 0 Å². The molecule has 7 nitrogen and oxygen atoms in total. The average molecular weight is 501 g/mol. The van der Waals surface area contributed by atoms with Crippen LogP contribution >= 0.6 is 51.3 Å². The van der Waals surface area contributed by atoms with Crippen LogP contribution in [0.2, 0.25) is 10.0 Å². The molecule has 0 bridgehead atoms. The van der Waals surface area contributed by atoms with Gasteiger partial charge in [-0.05, 0) is 58.0 Å². The van der Waals surface area contributed by atoms with Gasteiger partial charge in [-0.3, -0.25) is 14.8 Å². The molecule has 0 atom stereocenters. The van der Waals surface area contributed by atoms with E-state index in [1.54, 1.807) is 35.1 Å². The fraction of sp³-hybridized carbons (Fsp3) is 0.0588. The second-order valence-corrected chi connectivity index (χ2v) is 7.73. The molecule has 2 aromatic carbocycles. The summed E-state index contributed by atoms with van der Waals surface area (Å²) in [6, 6.07) is 11.3. The lowest BCUT2D eigenvalue weighted by Crippen LogP contribution is -2.19. The number of halogens is 3. The van der Waals surface area contributed by atoms with Gasteiger partial charge in [-0.15, -0.1) is 0 Å². The molecule has 3 rings (SSSR count). The van der Waals surface area contributed by atoms with Crippen molar-refractivity contribution in [2.45, 2.75) is 6.54 Å². The first-order chi connectivity index (χ1) is 13.3. The Bertz CT molecular complexity index is 1040. The third kappa shape index (κ3) is 5.20. The highest BCUT2D eigenvalue weighted by atomic mass is 79.9. The van der Waals surface area contributed by atoms with Crippen molar-refractivity contribution in [2.24, 2.45) is 0 Å². The summed E-state index contributed by atoms with van der Waals surface area (Å²) in [5.41, 5.74) is 1.57. The van der Waals surface area contributed by atoms with Gasteiger partial charge in [0, 0.05) is 24.0 Å². The minimum atomic E-state index is -0.460. The summed E-state index contributed by atoms with van der Waals surface area (Å²) in [7, 11) is 0. The van der Waals surface area contributed by atoms with Crippen LogP contribution in [0.1, 0.15) is 5.56 Å². The van der Waals surface area contributed by atoms with E-state index in [0.717, 1.165) is 10.0 Å². The third-order valence-corrected chi connectivity index (χ3v) is 5.14. The van der Waals surface area contributed by atoms with Crippen LogP contribution in [0.5, 0.6) is 0 Å². The highest BCUT2D eigenvalue weighted by Crippen LogP contribution is 2.25. The molecule has 2 N–H and O–H groups in total. The van der Waals surface area contributed by atoms with Crippen molar-refractivity contribution in [3.8, 4) is 0 Å². The molecular formula is C17H12BrCl2N5O2S. The minimum absolute atomic E-state index is 0.00761. The Labute approximate surface area is 183 Å². The first kappa shape index (κ1) is 20.5. The number of anilines is 2. The molecule has 1 aromatic heterocycles. The molecule has 0 radical (unpaired) electrons. The number of nitro benzene ring substituents is 1. The van der Waals surface area contributed by atoms with E-state index in [9.17, 15) is 10.1 Å². The van der Waals surface area contributed by atoms with Crippen molar-refractivity contribution in [3.05, 3.63) is 78.9 Å². The summed E-state index contributed by atoms with van der Waals surface area (Å²) in [6.45, 7) is 0.500. The van der Waals surface area contributed by atoms with Crippen molar-refractivity contribution in [1.82, 2.24) is 9.78 Å². The van der Waals surface area contributed by atoms with Crippen molar-refractivity contribution < 1.29 is 4.92 Å². The van der Waals surface area contributed by atoms with Crippen molar-refractivity contribution >= 4 is 73.7 Å². The number of rotatable bonds is 5. The maximum Gasteiger partial charge on any atom is 0.269 e. The summed E-state index contributed by atoms with van der Waals surface area (Å²) < 4.78 is 2.45. The maximum atomic E-state index is 10.7. The predicted octanol–water partition coefficient (Wildman–Crippen LogP) is 5.72. The number of nitro groups is 1.